The molecule has 2 N–H and O–H groups in total. The number of carbonyl (C=O) groups excluding carboxylic acids is 2. The summed E-state index contributed by atoms with van der Waals surface area (Å²) in [6, 6.07) is 25.4. The zero-order chi connectivity index (χ0) is 21.0. The van der Waals surface area contributed by atoms with Crippen LogP contribution in [0.4, 0.5) is 0 Å². The van der Waals surface area contributed by atoms with Crippen molar-refractivity contribution in [1.82, 2.24) is 10.9 Å². The van der Waals surface area contributed by atoms with Crippen LogP contribution in [0, 0.1) is 0 Å². The average Bonchev–Trinajstić information content (AvgIpc) is 2.79. The molecule has 7 heteroatoms. The SMILES string of the molecule is O=C(COc1ccccc1C(=O)N/N=C/c1ccccc1)N/N=C\c1ccccc1. The molecule has 0 unspecified atom stereocenters. The lowest BCUT2D eigenvalue weighted by atomic mass is 10.2. The molecule has 0 heterocycles. The Balaban J connectivity index is 1.53. The van der Waals surface area contributed by atoms with Gasteiger partial charge in [0.15, 0.2) is 6.61 Å². The molecule has 0 bridgehead atoms. The van der Waals surface area contributed by atoms with Gasteiger partial charge < -0.3 is 4.74 Å². The molecule has 0 radical (unpaired) electrons. The van der Waals surface area contributed by atoms with Crippen molar-refractivity contribution in [2.75, 3.05) is 6.61 Å². The molecule has 2 amide bonds. The van der Waals surface area contributed by atoms with Gasteiger partial charge in [-0.3, -0.25) is 9.59 Å². The van der Waals surface area contributed by atoms with Gasteiger partial charge in [-0.1, -0.05) is 72.8 Å². The van der Waals surface area contributed by atoms with E-state index in [0.717, 1.165) is 11.1 Å². The number of carbonyl (C=O) groups is 2. The molecule has 0 saturated heterocycles. The van der Waals surface area contributed by atoms with Crippen LogP contribution >= 0.6 is 0 Å². The molecule has 0 aliphatic carbocycles. The third kappa shape index (κ3) is 6.42. The number of nitrogens with one attached hydrogen (secondary N) is 2. The zero-order valence-corrected chi connectivity index (χ0v) is 16.1. The minimum atomic E-state index is -0.445. The van der Waals surface area contributed by atoms with E-state index in [2.05, 4.69) is 21.1 Å². The molecular weight excluding hydrogens is 380 g/mol. The second-order valence-electron chi connectivity index (χ2n) is 6.10. The smallest absolute Gasteiger partial charge is 0.277 e. The molecule has 0 fully saturated rings. The van der Waals surface area contributed by atoms with Gasteiger partial charge in [0.25, 0.3) is 11.8 Å². The van der Waals surface area contributed by atoms with Crippen molar-refractivity contribution in [3.63, 3.8) is 0 Å². The summed E-state index contributed by atoms with van der Waals surface area (Å²) < 4.78 is 5.49. The largest absolute Gasteiger partial charge is 0.483 e. The standard InChI is InChI=1S/C23H20N4O3/c28-22(26-24-15-18-9-3-1-4-10-18)17-30-21-14-8-7-13-20(21)23(29)27-25-16-19-11-5-2-6-12-19/h1-16H,17H2,(H,26,28)(H,27,29)/b24-15-,25-16+. The van der Waals surface area contributed by atoms with Gasteiger partial charge in [-0.15, -0.1) is 0 Å². The van der Waals surface area contributed by atoms with Gasteiger partial charge in [0.1, 0.15) is 5.75 Å². The topological polar surface area (TPSA) is 92.2 Å². The Morgan fingerprint density at radius 1 is 0.733 bits per heavy atom. The van der Waals surface area contributed by atoms with Crippen LogP contribution in [0.1, 0.15) is 21.5 Å². The summed E-state index contributed by atoms with van der Waals surface area (Å²) in [5, 5.41) is 7.82. The molecule has 30 heavy (non-hydrogen) atoms. The predicted molar refractivity (Wildman–Crippen MR) is 116 cm³/mol. The molecule has 0 atom stereocenters. The first kappa shape index (κ1) is 20.5. The van der Waals surface area contributed by atoms with Crippen LogP contribution in [-0.2, 0) is 4.79 Å². The zero-order valence-electron chi connectivity index (χ0n) is 16.1. The van der Waals surface area contributed by atoms with Crippen LogP contribution in [0.15, 0.2) is 95.1 Å². The number of benzene rings is 3. The van der Waals surface area contributed by atoms with Crippen molar-refractivity contribution < 1.29 is 14.3 Å². The fraction of sp³-hybridized carbons (Fsp3) is 0.0435. The first-order valence-corrected chi connectivity index (χ1v) is 9.19. The molecule has 3 rings (SSSR count). The lowest BCUT2D eigenvalue weighted by Gasteiger charge is -2.09. The Hall–Kier alpha value is -4.26. The Morgan fingerprint density at radius 2 is 1.27 bits per heavy atom. The van der Waals surface area contributed by atoms with E-state index in [4.69, 9.17) is 4.74 Å². The Kier molecular flexibility index (Phi) is 7.45. The van der Waals surface area contributed by atoms with E-state index >= 15 is 0 Å². The van der Waals surface area contributed by atoms with E-state index in [1.807, 2.05) is 60.7 Å². The van der Waals surface area contributed by atoms with Crippen molar-refractivity contribution in [3.05, 3.63) is 102 Å². The fourth-order valence-corrected chi connectivity index (χ4v) is 2.44. The van der Waals surface area contributed by atoms with Crippen LogP contribution in [0.3, 0.4) is 0 Å². The number of hydrogen-bond donors (Lipinski definition) is 2. The highest BCUT2D eigenvalue weighted by atomic mass is 16.5. The summed E-state index contributed by atoms with van der Waals surface area (Å²) in [5.41, 5.74) is 6.82. The maximum atomic E-state index is 12.4. The normalized spacial score (nSPS) is 10.8. The van der Waals surface area contributed by atoms with Gasteiger partial charge in [0, 0.05) is 0 Å². The van der Waals surface area contributed by atoms with Crippen molar-refractivity contribution in [2.45, 2.75) is 0 Å². The summed E-state index contributed by atoms with van der Waals surface area (Å²) in [5.74, 6) is -0.619. The second kappa shape index (κ2) is 10.9. The Morgan fingerprint density at radius 3 is 1.90 bits per heavy atom. The Labute approximate surface area is 174 Å². The number of rotatable bonds is 8. The van der Waals surface area contributed by atoms with Gasteiger partial charge in [0.2, 0.25) is 0 Å². The molecule has 3 aromatic rings. The van der Waals surface area contributed by atoms with Crippen molar-refractivity contribution >= 4 is 24.2 Å². The van der Waals surface area contributed by atoms with Crippen LogP contribution in [0.2, 0.25) is 0 Å². The van der Waals surface area contributed by atoms with Gasteiger partial charge in [-0.05, 0) is 23.3 Å². The molecule has 0 aliphatic rings. The van der Waals surface area contributed by atoms with Crippen LogP contribution < -0.4 is 15.6 Å². The molecule has 0 spiro atoms. The number of hydrogen-bond acceptors (Lipinski definition) is 5. The van der Waals surface area contributed by atoms with Crippen molar-refractivity contribution in [2.24, 2.45) is 10.2 Å². The average molecular weight is 400 g/mol. The highest BCUT2D eigenvalue weighted by molar-refractivity contribution is 5.97. The first-order chi connectivity index (χ1) is 14.7. The summed E-state index contributed by atoms with van der Waals surface area (Å²) in [6.45, 7) is -0.288. The lowest BCUT2D eigenvalue weighted by molar-refractivity contribution is -0.123. The summed E-state index contributed by atoms with van der Waals surface area (Å²) in [7, 11) is 0. The molecule has 3 aromatic carbocycles. The molecule has 7 nitrogen and oxygen atoms in total. The maximum absolute atomic E-state index is 12.4. The van der Waals surface area contributed by atoms with Crippen molar-refractivity contribution in [3.8, 4) is 5.75 Å². The van der Waals surface area contributed by atoms with E-state index in [0.29, 0.717) is 0 Å². The quantitative estimate of drug-likeness (QED) is 0.450. The van der Waals surface area contributed by atoms with Crippen LogP contribution in [-0.4, -0.2) is 30.9 Å². The Bertz CT molecular complexity index is 1030. The molecular formula is C23H20N4O3. The highest BCUT2D eigenvalue weighted by Crippen LogP contribution is 2.17. The van der Waals surface area contributed by atoms with Gasteiger partial charge in [-0.25, -0.2) is 10.9 Å². The third-order valence-electron chi connectivity index (χ3n) is 3.87. The molecule has 150 valence electrons. The van der Waals surface area contributed by atoms with Crippen LogP contribution in [0.5, 0.6) is 5.75 Å². The molecule has 0 saturated carbocycles. The van der Waals surface area contributed by atoms with E-state index in [1.165, 1.54) is 6.21 Å². The van der Waals surface area contributed by atoms with Crippen LogP contribution in [0.25, 0.3) is 0 Å². The van der Waals surface area contributed by atoms with E-state index in [9.17, 15) is 9.59 Å². The number of amides is 2. The van der Waals surface area contributed by atoms with Gasteiger partial charge in [0.05, 0.1) is 18.0 Å². The van der Waals surface area contributed by atoms with E-state index < -0.39 is 11.8 Å². The van der Waals surface area contributed by atoms with E-state index in [-0.39, 0.29) is 17.9 Å². The lowest BCUT2D eigenvalue weighted by Crippen LogP contribution is -2.25. The number of nitrogens with zero attached hydrogens (tertiary/aromatic N) is 2. The molecule has 0 aliphatic heterocycles. The predicted octanol–water partition coefficient (Wildman–Crippen LogP) is 2.98. The third-order valence-corrected chi connectivity index (χ3v) is 3.87. The van der Waals surface area contributed by atoms with Gasteiger partial charge >= 0.3 is 0 Å². The second-order valence-corrected chi connectivity index (χ2v) is 6.10. The minimum Gasteiger partial charge on any atom is -0.483 e. The van der Waals surface area contributed by atoms with Gasteiger partial charge in [-0.2, -0.15) is 10.2 Å². The molecule has 0 aromatic heterocycles. The number of ether oxygens (including phenoxy) is 1. The summed E-state index contributed by atoms with van der Waals surface area (Å²) >= 11 is 0. The first-order valence-electron chi connectivity index (χ1n) is 9.19. The highest BCUT2D eigenvalue weighted by Gasteiger charge is 2.12. The maximum Gasteiger partial charge on any atom is 0.277 e. The van der Waals surface area contributed by atoms with Crippen molar-refractivity contribution in [1.29, 1.82) is 0 Å². The summed E-state index contributed by atoms with van der Waals surface area (Å²) in [6.07, 6.45) is 3.07. The van der Waals surface area contributed by atoms with E-state index in [1.54, 1.807) is 30.5 Å². The summed E-state index contributed by atoms with van der Waals surface area (Å²) in [4.78, 5) is 24.3. The monoisotopic (exact) mass is 400 g/mol. The number of hydrazone groups is 2. The number of para-hydroxylation sites is 1. The minimum absolute atomic E-state index is 0.267. The fourth-order valence-electron chi connectivity index (χ4n) is 2.44.